The van der Waals surface area contributed by atoms with Crippen molar-refractivity contribution < 1.29 is 4.74 Å². The van der Waals surface area contributed by atoms with Gasteiger partial charge in [0.2, 0.25) is 0 Å². The Hall–Kier alpha value is -0.890. The Morgan fingerprint density at radius 2 is 1.83 bits per heavy atom. The third-order valence-corrected chi connectivity index (χ3v) is 1.22. The van der Waals surface area contributed by atoms with E-state index in [0.29, 0.717) is 6.61 Å². The van der Waals surface area contributed by atoms with Gasteiger partial charge in [0.1, 0.15) is 0 Å². The second-order valence-electron chi connectivity index (χ2n) is 1.99. The standard InChI is InChI=1S/C8H11NO.C2H6/c1-2-10-7-8-3-5-9-6-4-8;1-2/h3-6H,2,7H2,1H3;1-2H3. The van der Waals surface area contributed by atoms with Crippen LogP contribution in [0, 0.1) is 0 Å². The van der Waals surface area contributed by atoms with Crippen LogP contribution in [0.5, 0.6) is 0 Å². The largest absolute Gasteiger partial charge is 0.377 e. The van der Waals surface area contributed by atoms with Gasteiger partial charge in [-0.2, -0.15) is 0 Å². The van der Waals surface area contributed by atoms with E-state index in [4.69, 9.17) is 4.74 Å². The van der Waals surface area contributed by atoms with Crippen molar-refractivity contribution in [2.24, 2.45) is 0 Å². The second kappa shape index (κ2) is 8.21. The molecule has 0 radical (unpaired) electrons. The van der Waals surface area contributed by atoms with E-state index in [1.54, 1.807) is 12.4 Å². The molecular formula is C10H17NO. The monoisotopic (exact) mass is 167 g/mol. The summed E-state index contributed by atoms with van der Waals surface area (Å²) in [6.07, 6.45) is 3.54. The van der Waals surface area contributed by atoms with Crippen LogP contribution in [0.2, 0.25) is 0 Å². The first-order valence-corrected chi connectivity index (χ1v) is 4.40. The van der Waals surface area contributed by atoms with E-state index in [1.807, 2.05) is 32.9 Å². The zero-order valence-electron chi connectivity index (χ0n) is 8.08. The normalized spacial score (nSPS) is 8.58. The molecule has 0 aliphatic heterocycles. The van der Waals surface area contributed by atoms with E-state index >= 15 is 0 Å². The summed E-state index contributed by atoms with van der Waals surface area (Å²) in [5, 5.41) is 0. The molecule has 0 saturated heterocycles. The van der Waals surface area contributed by atoms with Crippen molar-refractivity contribution in [1.29, 1.82) is 0 Å². The molecule has 0 aromatic carbocycles. The van der Waals surface area contributed by atoms with Crippen molar-refractivity contribution >= 4 is 0 Å². The van der Waals surface area contributed by atoms with Crippen LogP contribution in [0.1, 0.15) is 26.3 Å². The molecule has 0 aliphatic rings. The fourth-order valence-corrected chi connectivity index (χ4v) is 0.699. The SMILES string of the molecule is CC.CCOCc1ccncc1. The summed E-state index contributed by atoms with van der Waals surface area (Å²) in [5.74, 6) is 0. The van der Waals surface area contributed by atoms with Gasteiger partial charge < -0.3 is 4.74 Å². The van der Waals surface area contributed by atoms with Gasteiger partial charge >= 0.3 is 0 Å². The van der Waals surface area contributed by atoms with Crippen LogP contribution in [0.4, 0.5) is 0 Å². The molecule has 0 N–H and O–H groups in total. The molecule has 12 heavy (non-hydrogen) atoms. The maximum atomic E-state index is 5.19. The van der Waals surface area contributed by atoms with E-state index in [2.05, 4.69) is 4.98 Å². The highest BCUT2D eigenvalue weighted by molar-refractivity contribution is 5.07. The van der Waals surface area contributed by atoms with Gasteiger partial charge in [0, 0.05) is 19.0 Å². The molecule has 0 unspecified atom stereocenters. The summed E-state index contributed by atoms with van der Waals surface area (Å²) >= 11 is 0. The number of rotatable bonds is 3. The van der Waals surface area contributed by atoms with Gasteiger partial charge in [-0.3, -0.25) is 4.98 Å². The zero-order valence-corrected chi connectivity index (χ0v) is 8.08. The molecule has 68 valence electrons. The Morgan fingerprint density at radius 1 is 1.25 bits per heavy atom. The molecule has 0 amide bonds. The van der Waals surface area contributed by atoms with Crippen molar-refractivity contribution in [2.75, 3.05) is 6.61 Å². The van der Waals surface area contributed by atoms with Gasteiger partial charge in [-0.15, -0.1) is 0 Å². The predicted octanol–water partition coefficient (Wildman–Crippen LogP) is 2.64. The van der Waals surface area contributed by atoms with Gasteiger partial charge in [-0.1, -0.05) is 13.8 Å². The third kappa shape index (κ3) is 4.85. The van der Waals surface area contributed by atoms with Crippen molar-refractivity contribution in [1.82, 2.24) is 4.98 Å². The summed E-state index contributed by atoms with van der Waals surface area (Å²) in [6.45, 7) is 7.45. The summed E-state index contributed by atoms with van der Waals surface area (Å²) in [5.41, 5.74) is 1.18. The Labute approximate surface area is 74.6 Å². The summed E-state index contributed by atoms with van der Waals surface area (Å²) in [6, 6.07) is 3.91. The topological polar surface area (TPSA) is 22.1 Å². The summed E-state index contributed by atoms with van der Waals surface area (Å²) in [7, 11) is 0. The Morgan fingerprint density at radius 3 is 2.33 bits per heavy atom. The van der Waals surface area contributed by atoms with Crippen LogP contribution in [0.3, 0.4) is 0 Å². The van der Waals surface area contributed by atoms with Crippen LogP contribution in [-0.2, 0) is 11.3 Å². The lowest BCUT2D eigenvalue weighted by Crippen LogP contribution is -1.90. The van der Waals surface area contributed by atoms with Crippen LogP contribution < -0.4 is 0 Å². The Kier molecular flexibility index (Phi) is 7.60. The molecule has 0 fully saturated rings. The summed E-state index contributed by atoms with van der Waals surface area (Å²) < 4.78 is 5.19. The highest BCUT2D eigenvalue weighted by atomic mass is 16.5. The van der Waals surface area contributed by atoms with E-state index in [9.17, 15) is 0 Å². The maximum absolute atomic E-state index is 5.19. The Bertz CT molecular complexity index is 174. The molecule has 1 rings (SSSR count). The molecule has 2 nitrogen and oxygen atoms in total. The van der Waals surface area contributed by atoms with E-state index in [1.165, 1.54) is 5.56 Å². The number of ether oxygens (including phenoxy) is 1. The zero-order chi connectivity index (χ0) is 9.23. The molecular weight excluding hydrogens is 150 g/mol. The quantitative estimate of drug-likeness (QED) is 0.690. The molecule has 0 saturated carbocycles. The highest BCUT2D eigenvalue weighted by Crippen LogP contribution is 1.97. The lowest BCUT2D eigenvalue weighted by Gasteiger charge is -1.98. The van der Waals surface area contributed by atoms with Crippen LogP contribution >= 0.6 is 0 Å². The number of aromatic nitrogens is 1. The number of nitrogens with zero attached hydrogens (tertiary/aromatic N) is 1. The minimum absolute atomic E-state index is 0.693. The molecule has 1 aromatic heterocycles. The van der Waals surface area contributed by atoms with Crippen molar-refractivity contribution in [3.05, 3.63) is 30.1 Å². The van der Waals surface area contributed by atoms with Gasteiger partial charge in [-0.25, -0.2) is 0 Å². The van der Waals surface area contributed by atoms with Crippen LogP contribution in [-0.4, -0.2) is 11.6 Å². The van der Waals surface area contributed by atoms with Crippen molar-refractivity contribution in [2.45, 2.75) is 27.4 Å². The predicted molar refractivity (Wildman–Crippen MR) is 50.9 cm³/mol. The van der Waals surface area contributed by atoms with Gasteiger partial charge in [-0.05, 0) is 24.6 Å². The maximum Gasteiger partial charge on any atom is 0.0717 e. The van der Waals surface area contributed by atoms with E-state index in [0.717, 1.165) is 6.61 Å². The van der Waals surface area contributed by atoms with E-state index in [-0.39, 0.29) is 0 Å². The van der Waals surface area contributed by atoms with Crippen LogP contribution in [0.25, 0.3) is 0 Å². The van der Waals surface area contributed by atoms with Crippen LogP contribution in [0.15, 0.2) is 24.5 Å². The number of hydrogen-bond donors (Lipinski definition) is 0. The van der Waals surface area contributed by atoms with Crippen molar-refractivity contribution in [3.8, 4) is 0 Å². The van der Waals surface area contributed by atoms with E-state index < -0.39 is 0 Å². The lowest BCUT2D eigenvalue weighted by atomic mass is 10.3. The van der Waals surface area contributed by atoms with Gasteiger partial charge in [0.05, 0.1) is 6.61 Å². The van der Waals surface area contributed by atoms with Crippen molar-refractivity contribution in [3.63, 3.8) is 0 Å². The number of hydrogen-bond acceptors (Lipinski definition) is 2. The average molecular weight is 167 g/mol. The minimum atomic E-state index is 0.693. The Balaban J connectivity index is 0.000000561. The smallest absolute Gasteiger partial charge is 0.0717 e. The third-order valence-electron chi connectivity index (χ3n) is 1.22. The molecule has 0 atom stereocenters. The molecule has 0 bridgehead atoms. The highest BCUT2D eigenvalue weighted by Gasteiger charge is 1.87. The number of pyridine rings is 1. The molecule has 0 spiro atoms. The first-order chi connectivity index (χ1) is 5.93. The summed E-state index contributed by atoms with van der Waals surface area (Å²) in [4.78, 5) is 3.90. The van der Waals surface area contributed by atoms with Gasteiger partial charge in [0.25, 0.3) is 0 Å². The van der Waals surface area contributed by atoms with Gasteiger partial charge in [0.15, 0.2) is 0 Å². The lowest BCUT2D eigenvalue weighted by molar-refractivity contribution is 0.134. The average Bonchev–Trinajstić information content (AvgIpc) is 2.19. The second-order valence-corrected chi connectivity index (χ2v) is 1.99. The first-order valence-electron chi connectivity index (χ1n) is 4.40. The fourth-order valence-electron chi connectivity index (χ4n) is 0.699. The molecule has 0 aliphatic carbocycles. The molecule has 1 heterocycles. The first kappa shape index (κ1) is 11.1. The minimum Gasteiger partial charge on any atom is -0.377 e. The molecule has 1 aromatic rings. The molecule has 2 heteroatoms. The fraction of sp³-hybridized carbons (Fsp3) is 0.500.